The fraction of sp³-hybridized carbons (Fsp3) is 0.310. The Morgan fingerprint density at radius 3 is 2.23 bits per heavy atom. The lowest BCUT2D eigenvalue weighted by Gasteiger charge is -2.32. The van der Waals surface area contributed by atoms with E-state index >= 15 is 0 Å². The van der Waals surface area contributed by atoms with Crippen LogP contribution in [0.5, 0.6) is 11.5 Å². The third-order valence-corrected chi connectivity index (χ3v) is 8.07. The highest BCUT2D eigenvalue weighted by Crippen LogP contribution is 2.34. The molecule has 0 aliphatic rings. The minimum Gasteiger partial charge on any atom is -0.493 e. The van der Waals surface area contributed by atoms with Crippen LogP contribution in [-0.4, -0.2) is 58.5 Å². The number of benzene rings is 3. The number of methoxy groups -OCH3 is 2. The van der Waals surface area contributed by atoms with Crippen LogP contribution >= 0.6 is 0 Å². The summed E-state index contributed by atoms with van der Waals surface area (Å²) in [6.07, 6.45) is 0.683. The van der Waals surface area contributed by atoms with Crippen molar-refractivity contribution in [2.24, 2.45) is 0 Å². The van der Waals surface area contributed by atoms with Gasteiger partial charge < -0.3 is 19.7 Å². The molecule has 9 nitrogen and oxygen atoms in total. The largest absolute Gasteiger partial charge is 0.493 e. The van der Waals surface area contributed by atoms with Gasteiger partial charge in [0.1, 0.15) is 18.4 Å². The molecule has 0 aromatic heterocycles. The van der Waals surface area contributed by atoms with Gasteiger partial charge in [-0.1, -0.05) is 43.3 Å². The molecule has 0 bridgehead atoms. The highest BCUT2D eigenvalue weighted by atomic mass is 32.2. The predicted octanol–water partition coefficient (Wildman–Crippen LogP) is 3.98. The van der Waals surface area contributed by atoms with Gasteiger partial charge in [-0.2, -0.15) is 0 Å². The minimum atomic E-state index is -4.25. The van der Waals surface area contributed by atoms with E-state index in [1.165, 1.54) is 74.6 Å². The monoisotopic (exact) mass is 571 g/mol. The second-order valence-electron chi connectivity index (χ2n) is 8.94. The number of nitrogens with one attached hydrogen (secondary N) is 1. The van der Waals surface area contributed by atoms with Crippen molar-refractivity contribution in [1.82, 2.24) is 10.2 Å². The number of hydrogen-bond donors (Lipinski definition) is 1. The summed E-state index contributed by atoms with van der Waals surface area (Å²) in [6, 6.07) is 17.1. The van der Waals surface area contributed by atoms with Crippen molar-refractivity contribution in [2.45, 2.75) is 37.8 Å². The van der Waals surface area contributed by atoms with Crippen molar-refractivity contribution in [2.75, 3.05) is 31.6 Å². The summed E-state index contributed by atoms with van der Waals surface area (Å²) in [5, 5.41) is 2.75. The Hall–Kier alpha value is -4.12. The number of rotatable bonds is 13. The summed E-state index contributed by atoms with van der Waals surface area (Å²) >= 11 is 0. The molecule has 40 heavy (non-hydrogen) atoms. The zero-order valence-electron chi connectivity index (χ0n) is 23.0. The van der Waals surface area contributed by atoms with E-state index in [1.807, 2.05) is 6.92 Å². The van der Waals surface area contributed by atoms with Crippen LogP contribution in [0.15, 0.2) is 77.7 Å². The molecule has 0 radical (unpaired) electrons. The molecule has 3 rings (SSSR count). The van der Waals surface area contributed by atoms with Crippen LogP contribution < -0.4 is 19.1 Å². The number of hydrogen-bond acceptors (Lipinski definition) is 6. The molecule has 3 aromatic rings. The van der Waals surface area contributed by atoms with Crippen molar-refractivity contribution >= 4 is 27.5 Å². The van der Waals surface area contributed by atoms with E-state index in [0.29, 0.717) is 18.7 Å². The summed E-state index contributed by atoms with van der Waals surface area (Å²) in [4.78, 5) is 27.9. The molecule has 0 fully saturated rings. The first-order valence-electron chi connectivity index (χ1n) is 12.7. The highest BCUT2D eigenvalue weighted by Gasteiger charge is 2.33. The molecular weight excluding hydrogens is 537 g/mol. The third-order valence-electron chi connectivity index (χ3n) is 6.28. The maximum Gasteiger partial charge on any atom is 0.264 e. The normalized spacial score (nSPS) is 11.8. The molecule has 3 aromatic carbocycles. The van der Waals surface area contributed by atoms with Crippen LogP contribution in [0.3, 0.4) is 0 Å². The Bertz CT molecular complexity index is 1420. The molecule has 0 aliphatic heterocycles. The smallest absolute Gasteiger partial charge is 0.264 e. The molecular formula is C29H34FN3O6S. The Morgan fingerprint density at radius 1 is 0.950 bits per heavy atom. The van der Waals surface area contributed by atoms with Crippen LogP contribution in [0, 0.1) is 5.82 Å². The molecule has 2 amide bonds. The number of halogens is 1. The fourth-order valence-electron chi connectivity index (χ4n) is 4.02. The summed E-state index contributed by atoms with van der Waals surface area (Å²) in [7, 11) is -1.39. The fourth-order valence-corrected chi connectivity index (χ4v) is 5.44. The number of sulfonamides is 1. The van der Waals surface area contributed by atoms with E-state index in [-0.39, 0.29) is 28.4 Å². The van der Waals surface area contributed by atoms with Gasteiger partial charge in [-0.15, -0.1) is 0 Å². The zero-order valence-corrected chi connectivity index (χ0v) is 23.8. The molecule has 1 N–H and O–H groups in total. The first kappa shape index (κ1) is 30.4. The summed E-state index contributed by atoms with van der Waals surface area (Å²) in [5.41, 5.74) is 0.332. The van der Waals surface area contributed by atoms with Crippen molar-refractivity contribution in [1.29, 1.82) is 0 Å². The first-order valence-corrected chi connectivity index (χ1v) is 14.2. The predicted molar refractivity (Wildman–Crippen MR) is 150 cm³/mol. The van der Waals surface area contributed by atoms with Crippen LogP contribution in [-0.2, 0) is 26.2 Å². The van der Waals surface area contributed by atoms with E-state index < -0.39 is 40.2 Å². The molecule has 0 spiro atoms. The molecule has 214 valence electrons. The average molecular weight is 572 g/mol. The Kier molecular flexibility index (Phi) is 10.5. The standard InChI is InChI=1S/C29H34FN3O6S/c1-5-17-31-29(35)21(2)32(19-22-11-9-10-14-25(22)30)28(34)20-33(40(36,37)24-12-7-6-8-13-24)23-15-16-26(38-3)27(18-23)39-4/h6-16,18,21H,5,17,19-20H2,1-4H3,(H,31,35)/t21-/m1/s1. The number of amides is 2. The van der Waals surface area contributed by atoms with E-state index in [0.717, 1.165) is 4.31 Å². The quantitative estimate of drug-likeness (QED) is 0.333. The number of carbonyl (C=O) groups is 2. The lowest BCUT2D eigenvalue weighted by Crippen LogP contribution is -2.51. The molecule has 0 aliphatic carbocycles. The van der Waals surface area contributed by atoms with E-state index in [1.54, 1.807) is 24.3 Å². The van der Waals surface area contributed by atoms with Crippen LogP contribution in [0.4, 0.5) is 10.1 Å². The summed E-state index contributed by atoms with van der Waals surface area (Å²) < 4.78 is 53.9. The molecule has 1 atom stereocenters. The van der Waals surface area contributed by atoms with Gasteiger partial charge in [0.25, 0.3) is 10.0 Å². The second-order valence-corrected chi connectivity index (χ2v) is 10.8. The van der Waals surface area contributed by atoms with Crippen molar-refractivity contribution in [3.8, 4) is 11.5 Å². The van der Waals surface area contributed by atoms with Gasteiger partial charge in [0.15, 0.2) is 11.5 Å². The average Bonchev–Trinajstić information content (AvgIpc) is 2.97. The van der Waals surface area contributed by atoms with Crippen molar-refractivity contribution in [3.05, 3.63) is 84.2 Å². The molecule has 0 saturated carbocycles. The number of nitrogens with zero attached hydrogens (tertiary/aromatic N) is 2. The maximum atomic E-state index is 14.6. The Balaban J connectivity index is 2.07. The number of carbonyl (C=O) groups excluding carboxylic acids is 2. The van der Waals surface area contributed by atoms with Crippen molar-refractivity contribution in [3.63, 3.8) is 0 Å². The SMILES string of the molecule is CCCNC(=O)[C@@H](C)N(Cc1ccccc1F)C(=O)CN(c1ccc(OC)c(OC)c1)S(=O)(=O)c1ccccc1. The highest BCUT2D eigenvalue weighted by molar-refractivity contribution is 7.92. The number of ether oxygens (including phenoxy) is 2. The molecule has 0 heterocycles. The van der Waals surface area contributed by atoms with Gasteiger partial charge in [-0.25, -0.2) is 12.8 Å². The summed E-state index contributed by atoms with van der Waals surface area (Å²) in [5.74, 6) is -1.05. The van der Waals surface area contributed by atoms with Crippen LogP contribution in [0.1, 0.15) is 25.8 Å². The lowest BCUT2D eigenvalue weighted by atomic mass is 10.1. The van der Waals surface area contributed by atoms with E-state index in [9.17, 15) is 22.4 Å². The Labute approximate surface area is 234 Å². The lowest BCUT2D eigenvalue weighted by molar-refractivity contribution is -0.139. The topological polar surface area (TPSA) is 105 Å². The first-order chi connectivity index (χ1) is 19.1. The van der Waals surface area contributed by atoms with Crippen LogP contribution in [0.2, 0.25) is 0 Å². The van der Waals surface area contributed by atoms with Gasteiger partial charge in [0, 0.05) is 24.7 Å². The van der Waals surface area contributed by atoms with Crippen LogP contribution in [0.25, 0.3) is 0 Å². The Morgan fingerprint density at radius 2 is 1.60 bits per heavy atom. The van der Waals surface area contributed by atoms with Gasteiger partial charge in [-0.05, 0) is 43.7 Å². The van der Waals surface area contributed by atoms with E-state index in [2.05, 4.69) is 5.32 Å². The van der Waals surface area contributed by atoms with Gasteiger partial charge in [0.05, 0.1) is 24.8 Å². The van der Waals surface area contributed by atoms with E-state index in [4.69, 9.17) is 9.47 Å². The van der Waals surface area contributed by atoms with Crippen molar-refractivity contribution < 1.29 is 31.9 Å². The molecule has 0 unspecified atom stereocenters. The van der Waals surface area contributed by atoms with Gasteiger partial charge in [0.2, 0.25) is 11.8 Å². The van der Waals surface area contributed by atoms with Gasteiger partial charge in [-0.3, -0.25) is 13.9 Å². The maximum absolute atomic E-state index is 14.6. The second kappa shape index (κ2) is 13.8. The molecule has 11 heteroatoms. The number of anilines is 1. The minimum absolute atomic E-state index is 0.0352. The van der Waals surface area contributed by atoms with Gasteiger partial charge >= 0.3 is 0 Å². The summed E-state index contributed by atoms with van der Waals surface area (Å²) in [6.45, 7) is 2.91. The zero-order chi connectivity index (χ0) is 29.3. The third kappa shape index (κ3) is 7.09. The molecule has 0 saturated heterocycles.